The molecular formula is C51H34N4O. The molecule has 2 aromatic heterocycles. The summed E-state index contributed by atoms with van der Waals surface area (Å²) in [5.41, 5.74) is 12.2. The highest BCUT2D eigenvalue weighted by molar-refractivity contribution is 6.07. The fourth-order valence-corrected chi connectivity index (χ4v) is 7.30. The van der Waals surface area contributed by atoms with Crippen molar-refractivity contribution in [3.05, 3.63) is 206 Å². The quantitative estimate of drug-likeness (QED) is 0.157. The van der Waals surface area contributed by atoms with Gasteiger partial charge in [-0.3, -0.25) is 0 Å². The lowest BCUT2D eigenvalue weighted by molar-refractivity contribution is 0.669. The molecule has 0 atom stereocenters. The van der Waals surface area contributed by atoms with Crippen molar-refractivity contribution in [2.24, 2.45) is 0 Å². The maximum absolute atomic E-state index is 6.53. The molecule has 5 heteroatoms. The van der Waals surface area contributed by atoms with Crippen molar-refractivity contribution in [2.45, 2.75) is 0 Å². The minimum absolute atomic E-state index is 0.588. The number of benzene rings is 8. The number of hydrogen-bond acceptors (Lipinski definition) is 5. The van der Waals surface area contributed by atoms with Gasteiger partial charge in [-0.2, -0.15) is 0 Å². The Morgan fingerprint density at radius 2 is 0.679 bits per heavy atom. The van der Waals surface area contributed by atoms with E-state index < -0.39 is 0 Å². The summed E-state index contributed by atoms with van der Waals surface area (Å²) in [6.45, 7) is 0. The number of fused-ring (bicyclic) bond motifs is 3. The van der Waals surface area contributed by atoms with Crippen LogP contribution in [0, 0.1) is 0 Å². The van der Waals surface area contributed by atoms with Crippen molar-refractivity contribution in [1.82, 2.24) is 15.0 Å². The maximum Gasteiger partial charge on any atom is 0.164 e. The van der Waals surface area contributed by atoms with Crippen LogP contribution in [0.3, 0.4) is 0 Å². The standard InChI is InChI=1S/C51H34N4O/c1-5-13-35(14-6-1)37-21-26-42(27-22-37)55(43-28-23-38(24-29-43)36-15-7-2-8-16-36)44-30-32-47-46(34-44)45-31-25-41(33-48(45)56-47)51-53-49(39-17-9-3-10-18-39)52-50(54-51)40-19-11-4-12-20-40/h1-34H. The summed E-state index contributed by atoms with van der Waals surface area (Å²) >= 11 is 0. The summed E-state index contributed by atoms with van der Waals surface area (Å²) in [7, 11) is 0. The Hall–Kier alpha value is -7.63. The lowest BCUT2D eigenvalue weighted by atomic mass is 10.0. The first-order valence-corrected chi connectivity index (χ1v) is 18.7. The van der Waals surface area contributed by atoms with Crippen LogP contribution < -0.4 is 4.90 Å². The van der Waals surface area contributed by atoms with Crippen LogP contribution in [-0.4, -0.2) is 15.0 Å². The van der Waals surface area contributed by atoms with Crippen molar-refractivity contribution in [3.8, 4) is 56.4 Å². The van der Waals surface area contributed by atoms with Gasteiger partial charge in [-0.25, -0.2) is 15.0 Å². The lowest BCUT2D eigenvalue weighted by Gasteiger charge is -2.26. The zero-order chi connectivity index (χ0) is 37.3. The average molecular weight is 719 g/mol. The van der Waals surface area contributed by atoms with Crippen molar-refractivity contribution >= 4 is 39.0 Å². The van der Waals surface area contributed by atoms with Crippen LogP contribution in [0.25, 0.3) is 78.4 Å². The van der Waals surface area contributed by atoms with Gasteiger partial charge in [0.25, 0.3) is 0 Å². The smallest absolute Gasteiger partial charge is 0.164 e. The molecule has 56 heavy (non-hydrogen) atoms. The molecule has 0 radical (unpaired) electrons. The van der Waals surface area contributed by atoms with Crippen molar-refractivity contribution in [1.29, 1.82) is 0 Å². The molecule has 5 nitrogen and oxygen atoms in total. The Morgan fingerprint density at radius 1 is 0.286 bits per heavy atom. The van der Waals surface area contributed by atoms with Gasteiger partial charge in [-0.1, -0.05) is 152 Å². The fraction of sp³-hybridized carbons (Fsp3) is 0. The Balaban J connectivity index is 1.06. The van der Waals surface area contributed by atoms with E-state index in [9.17, 15) is 0 Å². The van der Waals surface area contributed by atoms with E-state index in [1.165, 1.54) is 22.3 Å². The molecule has 2 heterocycles. The highest BCUT2D eigenvalue weighted by atomic mass is 16.3. The van der Waals surface area contributed by atoms with Crippen LogP contribution >= 0.6 is 0 Å². The predicted molar refractivity (Wildman–Crippen MR) is 229 cm³/mol. The zero-order valence-electron chi connectivity index (χ0n) is 30.3. The third-order valence-electron chi connectivity index (χ3n) is 10.1. The van der Waals surface area contributed by atoms with Crippen molar-refractivity contribution in [2.75, 3.05) is 4.90 Å². The number of rotatable bonds is 8. The molecule has 0 aliphatic carbocycles. The Kier molecular flexibility index (Phi) is 8.43. The van der Waals surface area contributed by atoms with Crippen molar-refractivity contribution in [3.63, 3.8) is 0 Å². The minimum Gasteiger partial charge on any atom is -0.456 e. The minimum atomic E-state index is 0.588. The molecule has 0 unspecified atom stereocenters. The summed E-state index contributed by atoms with van der Waals surface area (Å²) in [4.78, 5) is 17.1. The number of anilines is 3. The first-order valence-electron chi connectivity index (χ1n) is 18.7. The average Bonchev–Trinajstić information content (AvgIpc) is 3.65. The first kappa shape index (κ1) is 33.0. The van der Waals surface area contributed by atoms with Crippen molar-refractivity contribution < 1.29 is 4.42 Å². The highest BCUT2D eigenvalue weighted by Gasteiger charge is 2.18. The molecular weight excluding hydrogens is 685 g/mol. The summed E-state index contributed by atoms with van der Waals surface area (Å²) in [5, 5.41) is 2.05. The molecule has 0 saturated carbocycles. The second kappa shape index (κ2) is 14.3. The van der Waals surface area contributed by atoms with Gasteiger partial charge in [-0.15, -0.1) is 0 Å². The van der Waals surface area contributed by atoms with Gasteiger partial charge in [0.15, 0.2) is 17.5 Å². The summed E-state index contributed by atoms with van der Waals surface area (Å²) in [6, 6.07) is 71.2. The maximum atomic E-state index is 6.53. The number of nitrogens with zero attached hydrogens (tertiary/aromatic N) is 4. The molecule has 0 bridgehead atoms. The monoisotopic (exact) mass is 718 g/mol. The second-order valence-electron chi connectivity index (χ2n) is 13.7. The van der Waals surface area contributed by atoms with E-state index in [1.807, 2.05) is 78.9 Å². The van der Waals surface area contributed by atoms with Gasteiger partial charge in [0.05, 0.1) is 0 Å². The molecule has 0 amide bonds. The largest absolute Gasteiger partial charge is 0.456 e. The van der Waals surface area contributed by atoms with Crippen LogP contribution in [-0.2, 0) is 0 Å². The molecule has 0 N–H and O–H groups in total. The topological polar surface area (TPSA) is 55.1 Å². The Labute approximate surface area is 324 Å². The predicted octanol–water partition coefficient (Wildman–Crippen LogP) is 13.6. The SMILES string of the molecule is c1ccc(-c2ccc(N(c3ccc(-c4ccccc4)cc3)c3ccc4oc5cc(-c6nc(-c7ccccc7)nc(-c7ccccc7)n6)ccc5c4c3)cc2)cc1. The number of hydrogen-bond donors (Lipinski definition) is 0. The van der Waals surface area contributed by atoms with E-state index in [4.69, 9.17) is 19.4 Å². The third-order valence-corrected chi connectivity index (χ3v) is 10.1. The van der Waals surface area contributed by atoms with Crippen LogP contribution in [0.5, 0.6) is 0 Å². The van der Waals surface area contributed by atoms with E-state index in [2.05, 4.69) is 132 Å². The van der Waals surface area contributed by atoms with Gasteiger partial charge in [0.1, 0.15) is 11.2 Å². The molecule has 0 fully saturated rings. The highest BCUT2D eigenvalue weighted by Crippen LogP contribution is 2.40. The number of furan rings is 1. The van der Waals surface area contributed by atoms with Gasteiger partial charge in [0.2, 0.25) is 0 Å². The van der Waals surface area contributed by atoms with E-state index in [-0.39, 0.29) is 0 Å². The van der Waals surface area contributed by atoms with E-state index >= 15 is 0 Å². The fourth-order valence-electron chi connectivity index (χ4n) is 7.30. The van der Waals surface area contributed by atoms with Crippen LogP contribution in [0.2, 0.25) is 0 Å². The first-order chi connectivity index (χ1) is 27.7. The summed E-state index contributed by atoms with van der Waals surface area (Å²) in [5.74, 6) is 1.83. The molecule has 0 spiro atoms. The molecule has 10 aromatic rings. The van der Waals surface area contributed by atoms with E-state index in [1.54, 1.807) is 0 Å². The zero-order valence-corrected chi connectivity index (χ0v) is 30.3. The normalized spacial score (nSPS) is 11.2. The van der Waals surface area contributed by atoms with Gasteiger partial charge < -0.3 is 9.32 Å². The molecule has 0 aliphatic rings. The molecule has 8 aromatic carbocycles. The van der Waals surface area contributed by atoms with Crippen LogP contribution in [0.15, 0.2) is 211 Å². The van der Waals surface area contributed by atoms with Gasteiger partial charge in [-0.05, 0) is 76.9 Å². The summed E-state index contributed by atoms with van der Waals surface area (Å²) < 4.78 is 6.53. The number of aromatic nitrogens is 3. The lowest BCUT2D eigenvalue weighted by Crippen LogP contribution is -2.09. The van der Waals surface area contributed by atoms with Crippen LogP contribution in [0.1, 0.15) is 0 Å². The van der Waals surface area contributed by atoms with Gasteiger partial charge in [0, 0.05) is 44.5 Å². The molecule has 0 saturated heterocycles. The second-order valence-corrected chi connectivity index (χ2v) is 13.7. The Morgan fingerprint density at radius 3 is 1.16 bits per heavy atom. The third kappa shape index (κ3) is 6.37. The van der Waals surface area contributed by atoms with Crippen LogP contribution in [0.4, 0.5) is 17.1 Å². The van der Waals surface area contributed by atoms with E-state index in [0.29, 0.717) is 17.5 Å². The summed E-state index contributed by atoms with van der Waals surface area (Å²) in [6.07, 6.45) is 0. The van der Waals surface area contributed by atoms with E-state index in [0.717, 1.165) is 55.7 Å². The molecule has 10 rings (SSSR count). The van der Waals surface area contributed by atoms with Gasteiger partial charge >= 0.3 is 0 Å². The molecule has 264 valence electrons. The molecule has 0 aliphatic heterocycles. The Bertz CT molecular complexity index is 2790.